The predicted molar refractivity (Wildman–Crippen MR) is 71.2 cm³/mol. The van der Waals surface area contributed by atoms with Crippen molar-refractivity contribution in [2.24, 2.45) is 7.05 Å². The van der Waals surface area contributed by atoms with Crippen LogP contribution in [0.25, 0.3) is 11.1 Å². The number of hydrogen-bond donors (Lipinski definition) is 1. The largest absolute Gasteiger partial charge is 0.424 e. The molecular formula is C12H11N5O3. The molecule has 1 aromatic carbocycles. The van der Waals surface area contributed by atoms with E-state index in [-0.39, 0.29) is 5.69 Å². The van der Waals surface area contributed by atoms with Crippen LogP contribution < -0.4 is 5.32 Å². The molecule has 2 heterocycles. The van der Waals surface area contributed by atoms with E-state index in [1.165, 1.54) is 18.2 Å². The molecule has 3 rings (SSSR count). The van der Waals surface area contributed by atoms with E-state index in [9.17, 15) is 10.1 Å². The molecular weight excluding hydrogens is 262 g/mol. The Kier molecular flexibility index (Phi) is 2.82. The van der Waals surface area contributed by atoms with Gasteiger partial charge in [-0.3, -0.25) is 14.8 Å². The molecule has 3 aromatic rings. The molecule has 2 aromatic heterocycles. The van der Waals surface area contributed by atoms with Crippen LogP contribution in [-0.2, 0) is 13.6 Å². The lowest BCUT2D eigenvalue weighted by Gasteiger charge is -1.96. The second kappa shape index (κ2) is 4.65. The van der Waals surface area contributed by atoms with Gasteiger partial charge >= 0.3 is 0 Å². The molecule has 0 aliphatic rings. The van der Waals surface area contributed by atoms with Crippen molar-refractivity contribution in [1.82, 2.24) is 14.8 Å². The fourth-order valence-electron chi connectivity index (χ4n) is 1.83. The number of nitro benzene ring substituents is 1. The minimum atomic E-state index is -0.463. The van der Waals surface area contributed by atoms with Gasteiger partial charge in [-0.1, -0.05) is 0 Å². The maximum absolute atomic E-state index is 10.7. The number of aromatic nitrogens is 3. The van der Waals surface area contributed by atoms with Crippen molar-refractivity contribution < 1.29 is 9.34 Å². The molecule has 0 saturated heterocycles. The summed E-state index contributed by atoms with van der Waals surface area (Å²) in [6, 6.07) is 6.49. The number of non-ortho nitro benzene ring substituents is 1. The molecule has 0 aliphatic carbocycles. The minimum Gasteiger partial charge on any atom is -0.424 e. The van der Waals surface area contributed by atoms with Crippen LogP contribution >= 0.6 is 0 Å². The number of benzene rings is 1. The Morgan fingerprint density at radius 1 is 1.45 bits per heavy atom. The van der Waals surface area contributed by atoms with Gasteiger partial charge in [0.1, 0.15) is 5.52 Å². The molecule has 0 unspecified atom stereocenters. The summed E-state index contributed by atoms with van der Waals surface area (Å²) in [5.41, 5.74) is 1.78. The third-order valence-electron chi connectivity index (χ3n) is 2.77. The highest BCUT2D eigenvalue weighted by Crippen LogP contribution is 2.23. The van der Waals surface area contributed by atoms with E-state index in [1.807, 2.05) is 19.3 Å². The number of fused-ring (bicyclic) bond motifs is 1. The topological polar surface area (TPSA) is 99.0 Å². The molecule has 20 heavy (non-hydrogen) atoms. The van der Waals surface area contributed by atoms with Crippen molar-refractivity contribution in [2.45, 2.75) is 6.54 Å². The van der Waals surface area contributed by atoms with Gasteiger partial charge in [0.25, 0.3) is 11.7 Å². The van der Waals surface area contributed by atoms with Crippen LogP contribution in [0.1, 0.15) is 5.69 Å². The van der Waals surface area contributed by atoms with Crippen LogP contribution in [-0.4, -0.2) is 19.7 Å². The maximum atomic E-state index is 10.7. The van der Waals surface area contributed by atoms with Gasteiger partial charge in [0, 0.05) is 25.4 Å². The van der Waals surface area contributed by atoms with Crippen molar-refractivity contribution in [3.8, 4) is 0 Å². The lowest BCUT2D eigenvalue weighted by molar-refractivity contribution is -0.384. The van der Waals surface area contributed by atoms with Crippen molar-refractivity contribution in [2.75, 3.05) is 5.32 Å². The van der Waals surface area contributed by atoms with Crippen LogP contribution in [0.2, 0.25) is 0 Å². The molecule has 0 spiro atoms. The van der Waals surface area contributed by atoms with Gasteiger partial charge in [-0.2, -0.15) is 10.1 Å². The fraction of sp³-hybridized carbons (Fsp3) is 0.167. The first-order valence-corrected chi connectivity index (χ1v) is 5.89. The van der Waals surface area contributed by atoms with Crippen LogP contribution in [0.4, 0.5) is 11.7 Å². The van der Waals surface area contributed by atoms with Crippen LogP contribution in [0.5, 0.6) is 0 Å². The predicted octanol–water partition coefficient (Wildman–Crippen LogP) is 2.08. The second-order valence-corrected chi connectivity index (χ2v) is 4.26. The Labute approximate surface area is 113 Å². The zero-order valence-electron chi connectivity index (χ0n) is 10.6. The molecule has 0 bridgehead atoms. The molecule has 102 valence electrons. The Bertz CT molecular complexity index is 776. The van der Waals surface area contributed by atoms with Gasteiger partial charge in [-0.15, -0.1) is 0 Å². The van der Waals surface area contributed by atoms with E-state index in [4.69, 9.17) is 4.42 Å². The van der Waals surface area contributed by atoms with Crippen LogP contribution in [0.15, 0.2) is 34.9 Å². The first-order chi connectivity index (χ1) is 9.61. The number of hydrogen-bond acceptors (Lipinski definition) is 6. The zero-order chi connectivity index (χ0) is 14.1. The highest BCUT2D eigenvalue weighted by molar-refractivity contribution is 5.77. The lowest BCUT2D eigenvalue weighted by atomic mass is 10.3. The van der Waals surface area contributed by atoms with Gasteiger partial charge in [-0.05, 0) is 12.1 Å². The number of aryl methyl sites for hydroxylation is 1. The smallest absolute Gasteiger partial charge is 0.296 e. The third-order valence-corrected chi connectivity index (χ3v) is 2.77. The summed E-state index contributed by atoms with van der Waals surface area (Å²) >= 11 is 0. The van der Waals surface area contributed by atoms with E-state index in [1.54, 1.807) is 4.68 Å². The summed E-state index contributed by atoms with van der Waals surface area (Å²) in [4.78, 5) is 14.4. The monoisotopic (exact) mass is 273 g/mol. The summed E-state index contributed by atoms with van der Waals surface area (Å²) in [6.07, 6.45) is 1.84. The lowest BCUT2D eigenvalue weighted by Crippen LogP contribution is -2.01. The van der Waals surface area contributed by atoms with Crippen LogP contribution in [0.3, 0.4) is 0 Å². The van der Waals surface area contributed by atoms with Gasteiger partial charge in [0.15, 0.2) is 5.58 Å². The van der Waals surface area contributed by atoms with E-state index in [0.717, 1.165) is 5.69 Å². The molecule has 0 amide bonds. The second-order valence-electron chi connectivity index (χ2n) is 4.26. The number of nitrogens with one attached hydrogen (secondary N) is 1. The van der Waals surface area contributed by atoms with Gasteiger partial charge in [0.2, 0.25) is 0 Å². The highest BCUT2D eigenvalue weighted by Gasteiger charge is 2.11. The average molecular weight is 273 g/mol. The number of oxazole rings is 1. The minimum absolute atomic E-state index is 0.0120. The molecule has 0 aliphatic heterocycles. The first kappa shape index (κ1) is 12.2. The van der Waals surface area contributed by atoms with E-state index < -0.39 is 4.92 Å². The Morgan fingerprint density at radius 3 is 3.00 bits per heavy atom. The fourth-order valence-corrected chi connectivity index (χ4v) is 1.83. The number of nitrogens with zero attached hydrogens (tertiary/aromatic N) is 4. The third kappa shape index (κ3) is 2.30. The molecule has 0 radical (unpaired) electrons. The average Bonchev–Trinajstić information content (AvgIpc) is 3.00. The molecule has 0 saturated carbocycles. The molecule has 1 N–H and O–H groups in total. The quantitative estimate of drug-likeness (QED) is 0.577. The molecule has 0 atom stereocenters. The summed E-state index contributed by atoms with van der Waals surface area (Å²) in [6.45, 7) is 0.468. The van der Waals surface area contributed by atoms with Gasteiger partial charge < -0.3 is 9.73 Å². The molecule has 8 heteroatoms. The van der Waals surface area contributed by atoms with Gasteiger partial charge in [-0.25, -0.2) is 0 Å². The zero-order valence-corrected chi connectivity index (χ0v) is 10.6. The Balaban J connectivity index is 1.80. The normalized spacial score (nSPS) is 10.8. The van der Waals surface area contributed by atoms with Gasteiger partial charge in [0.05, 0.1) is 17.2 Å². The van der Waals surface area contributed by atoms with Crippen molar-refractivity contribution in [3.63, 3.8) is 0 Å². The standard InChI is InChI=1S/C12H11N5O3/c1-16-5-4-8(15-16)7-13-12-14-10-6-9(17(18)19)2-3-11(10)20-12/h2-6H,7H2,1H3,(H,13,14). The Morgan fingerprint density at radius 2 is 2.30 bits per heavy atom. The summed E-state index contributed by atoms with van der Waals surface area (Å²) in [5, 5.41) is 17.9. The number of anilines is 1. The summed E-state index contributed by atoms with van der Waals surface area (Å²) in [5.74, 6) is 0. The van der Waals surface area contributed by atoms with Crippen molar-refractivity contribution in [1.29, 1.82) is 0 Å². The van der Waals surface area contributed by atoms with Crippen molar-refractivity contribution >= 4 is 22.8 Å². The van der Waals surface area contributed by atoms with E-state index in [0.29, 0.717) is 23.7 Å². The first-order valence-electron chi connectivity index (χ1n) is 5.89. The van der Waals surface area contributed by atoms with E-state index >= 15 is 0 Å². The van der Waals surface area contributed by atoms with Crippen molar-refractivity contribution in [3.05, 3.63) is 46.3 Å². The summed E-state index contributed by atoms with van der Waals surface area (Å²) in [7, 11) is 1.84. The molecule has 8 nitrogen and oxygen atoms in total. The number of nitro groups is 1. The number of rotatable bonds is 4. The Hall–Kier alpha value is -2.90. The summed E-state index contributed by atoms with van der Waals surface area (Å²) < 4.78 is 7.15. The molecule has 0 fully saturated rings. The van der Waals surface area contributed by atoms with E-state index in [2.05, 4.69) is 15.4 Å². The maximum Gasteiger partial charge on any atom is 0.296 e. The highest BCUT2D eigenvalue weighted by atomic mass is 16.6. The SMILES string of the molecule is Cn1ccc(CNc2nc3cc([N+](=O)[O-])ccc3o2)n1. The van der Waals surface area contributed by atoms with Crippen LogP contribution in [0, 0.1) is 10.1 Å².